The number of hydrogen-bond donors (Lipinski definition) is 1. The van der Waals surface area contributed by atoms with E-state index in [1.807, 2.05) is 30.0 Å². The number of morpholine rings is 1. The number of anilines is 1. The molecular formula is C19H25N3O3. The number of aryl methyl sites for hydroxylation is 1. The van der Waals surface area contributed by atoms with Crippen molar-refractivity contribution in [3.63, 3.8) is 0 Å². The van der Waals surface area contributed by atoms with Crippen LogP contribution in [0.3, 0.4) is 0 Å². The second kappa shape index (κ2) is 7.06. The van der Waals surface area contributed by atoms with E-state index < -0.39 is 0 Å². The quantitative estimate of drug-likeness (QED) is 0.931. The van der Waals surface area contributed by atoms with E-state index >= 15 is 0 Å². The zero-order valence-corrected chi connectivity index (χ0v) is 14.7. The Labute approximate surface area is 147 Å². The first-order chi connectivity index (χ1) is 12.2. The maximum Gasteiger partial charge on any atom is 0.321 e. The highest BCUT2D eigenvalue weighted by Gasteiger charge is 2.28. The predicted molar refractivity (Wildman–Crippen MR) is 96.9 cm³/mol. The number of amides is 2. The fraction of sp³-hybridized carbons (Fsp3) is 0.526. The Hall–Kier alpha value is -2.05. The van der Waals surface area contributed by atoms with E-state index in [9.17, 15) is 4.79 Å². The lowest BCUT2D eigenvalue weighted by Crippen LogP contribution is -2.40. The van der Waals surface area contributed by atoms with Crippen molar-refractivity contribution in [2.24, 2.45) is 5.92 Å². The summed E-state index contributed by atoms with van der Waals surface area (Å²) in [6, 6.07) is 5.77. The van der Waals surface area contributed by atoms with Gasteiger partial charge in [0.1, 0.15) is 5.58 Å². The molecule has 1 atom stereocenters. The molecule has 0 aliphatic carbocycles. The van der Waals surface area contributed by atoms with Gasteiger partial charge in [-0.15, -0.1) is 0 Å². The van der Waals surface area contributed by atoms with E-state index in [1.165, 1.54) is 0 Å². The molecule has 2 saturated heterocycles. The molecular weight excluding hydrogens is 318 g/mol. The van der Waals surface area contributed by atoms with E-state index in [4.69, 9.17) is 9.15 Å². The minimum absolute atomic E-state index is 0.00928. The van der Waals surface area contributed by atoms with Crippen LogP contribution in [0.1, 0.15) is 12.0 Å². The van der Waals surface area contributed by atoms with E-state index in [0.29, 0.717) is 5.92 Å². The average molecular weight is 343 g/mol. The van der Waals surface area contributed by atoms with Crippen LogP contribution in [0.4, 0.5) is 10.5 Å². The summed E-state index contributed by atoms with van der Waals surface area (Å²) in [4.78, 5) is 16.9. The molecule has 0 bridgehead atoms. The van der Waals surface area contributed by atoms with Gasteiger partial charge in [-0.3, -0.25) is 4.90 Å². The Morgan fingerprint density at radius 1 is 1.28 bits per heavy atom. The number of benzene rings is 1. The summed E-state index contributed by atoms with van der Waals surface area (Å²) in [6.07, 6.45) is 2.82. The number of carbonyl (C=O) groups excluding carboxylic acids is 1. The van der Waals surface area contributed by atoms with Gasteiger partial charge in [0.2, 0.25) is 0 Å². The average Bonchev–Trinajstić information content (AvgIpc) is 3.23. The maximum absolute atomic E-state index is 12.6. The van der Waals surface area contributed by atoms with Crippen LogP contribution in [0.25, 0.3) is 11.0 Å². The van der Waals surface area contributed by atoms with Crippen molar-refractivity contribution in [1.82, 2.24) is 9.80 Å². The monoisotopic (exact) mass is 343 g/mol. The molecule has 25 heavy (non-hydrogen) atoms. The number of ether oxygens (including phenoxy) is 1. The summed E-state index contributed by atoms with van der Waals surface area (Å²) in [6.45, 7) is 8.39. The predicted octanol–water partition coefficient (Wildman–Crippen LogP) is 2.93. The topological polar surface area (TPSA) is 58.0 Å². The standard InChI is InChI=1S/C19H25N3O3/c1-14-13-25-18-3-2-16(10-17(14)18)20-19(23)22-5-4-15(12-22)11-21-6-8-24-9-7-21/h2-3,10,13,15H,4-9,11-12H2,1H3,(H,20,23)/t15-/m0/s1. The third kappa shape index (κ3) is 3.65. The fourth-order valence-electron chi connectivity index (χ4n) is 3.75. The van der Waals surface area contributed by atoms with Crippen LogP contribution in [0.5, 0.6) is 0 Å². The Morgan fingerprint density at radius 2 is 2.12 bits per heavy atom. The zero-order chi connectivity index (χ0) is 17.2. The van der Waals surface area contributed by atoms with Crippen molar-refractivity contribution in [2.75, 3.05) is 51.3 Å². The van der Waals surface area contributed by atoms with Crippen molar-refractivity contribution in [1.29, 1.82) is 0 Å². The number of rotatable bonds is 3. The normalized spacial score (nSPS) is 21.8. The number of hydrogen-bond acceptors (Lipinski definition) is 4. The molecule has 1 aromatic heterocycles. The number of likely N-dealkylation sites (tertiary alicyclic amines) is 1. The van der Waals surface area contributed by atoms with Crippen LogP contribution >= 0.6 is 0 Å². The minimum atomic E-state index is -0.00928. The Kier molecular flexibility index (Phi) is 4.63. The molecule has 2 aliphatic rings. The molecule has 4 rings (SSSR count). The number of nitrogens with zero attached hydrogens (tertiary/aromatic N) is 2. The summed E-state index contributed by atoms with van der Waals surface area (Å²) in [5.41, 5.74) is 2.75. The highest BCUT2D eigenvalue weighted by molar-refractivity contribution is 5.93. The van der Waals surface area contributed by atoms with Gasteiger partial charge in [0.15, 0.2) is 0 Å². The highest BCUT2D eigenvalue weighted by Crippen LogP contribution is 2.25. The number of nitrogens with one attached hydrogen (secondary N) is 1. The van der Waals surface area contributed by atoms with Gasteiger partial charge in [0.05, 0.1) is 19.5 Å². The molecule has 2 aliphatic heterocycles. The molecule has 0 unspecified atom stereocenters. The van der Waals surface area contributed by atoms with Crippen molar-refractivity contribution in [3.05, 3.63) is 30.0 Å². The molecule has 1 N–H and O–H groups in total. The summed E-state index contributed by atoms with van der Waals surface area (Å²) in [5.74, 6) is 0.558. The van der Waals surface area contributed by atoms with Gasteiger partial charge < -0.3 is 19.4 Å². The molecule has 0 radical (unpaired) electrons. The second-order valence-electron chi connectivity index (χ2n) is 7.07. The largest absolute Gasteiger partial charge is 0.464 e. The lowest BCUT2D eigenvalue weighted by molar-refractivity contribution is 0.0314. The molecule has 3 heterocycles. The smallest absolute Gasteiger partial charge is 0.321 e. The molecule has 2 aromatic rings. The van der Waals surface area contributed by atoms with Crippen LogP contribution in [0.2, 0.25) is 0 Å². The molecule has 6 nitrogen and oxygen atoms in total. The minimum Gasteiger partial charge on any atom is -0.464 e. The second-order valence-corrected chi connectivity index (χ2v) is 7.07. The van der Waals surface area contributed by atoms with Gasteiger partial charge in [-0.05, 0) is 43.0 Å². The first kappa shape index (κ1) is 16.4. The van der Waals surface area contributed by atoms with Gasteiger partial charge in [0, 0.05) is 43.8 Å². The van der Waals surface area contributed by atoms with Crippen molar-refractivity contribution in [3.8, 4) is 0 Å². The fourth-order valence-corrected chi connectivity index (χ4v) is 3.75. The molecule has 0 saturated carbocycles. The Morgan fingerprint density at radius 3 is 2.96 bits per heavy atom. The van der Waals surface area contributed by atoms with Crippen molar-refractivity contribution < 1.29 is 13.9 Å². The molecule has 2 amide bonds. The van der Waals surface area contributed by atoms with E-state index in [1.54, 1.807) is 6.26 Å². The number of fused-ring (bicyclic) bond motifs is 1. The molecule has 2 fully saturated rings. The molecule has 1 aromatic carbocycles. The third-order valence-corrected chi connectivity index (χ3v) is 5.21. The Balaban J connectivity index is 1.33. The van der Waals surface area contributed by atoms with Gasteiger partial charge in [-0.1, -0.05) is 0 Å². The van der Waals surface area contributed by atoms with Crippen LogP contribution in [0.15, 0.2) is 28.9 Å². The van der Waals surface area contributed by atoms with E-state index in [-0.39, 0.29) is 6.03 Å². The van der Waals surface area contributed by atoms with Gasteiger partial charge in [-0.25, -0.2) is 4.79 Å². The number of furan rings is 1. The summed E-state index contributed by atoms with van der Waals surface area (Å²) >= 11 is 0. The van der Waals surface area contributed by atoms with Crippen molar-refractivity contribution in [2.45, 2.75) is 13.3 Å². The summed E-state index contributed by atoms with van der Waals surface area (Å²) < 4.78 is 10.9. The first-order valence-corrected chi connectivity index (χ1v) is 9.03. The molecule has 134 valence electrons. The highest BCUT2D eigenvalue weighted by atomic mass is 16.5. The van der Waals surface area contributed by atoms with Gasteiger partial charge in [-0.2, -0.15) is 0 Å². The summed E-state index contributed by atoms with van der Waals surface area (Å²) in [5, 5.41) is 4.07. The molecule has 6 heteroatoms. The van der Waals surface area contributed by atoms with Gasteiger partial charge in [0.25, 0.3) is 0 Å². The Bertz CT molecular complexity index is 751. The SMILES string of the molecule is Cc1coc2ccc(NC(=O)N3CC[C@@H](CN4CCOCC4)C3)cc12. The van der Waals surface area contributed by atoms with Crippen LogP contribution in [0, 0.1) is 12.8 Å². The van der Waals surface area contributed by atoms with E-state index in [2.05, 4.69) is 10.2 Å². The first-order valence-electron chi connectivity index (χ1n) is 9.03. The number of urea groups is 1. The summed E-state index contributed by atoms with van der Waals surface area (Å²) in [7, 11) is 0. The van der Waals surface area contributed by atoms with Gasteiger partial charge >= 0.3 is 6.03 Å². The number of carbonyl (C=O) groups is 1. The third-order valence-electron chi connectivity index (χ3n) is 5.21. The van der Waals surface area contributed by atoms with Crippen LogP contribution < -0.4 is 5.32 Å². The lowest BCUT2D eigenvalue weighted by Gasteiger charge is -2.29. The zero-order valence-electron chi connectivity index (χ0n) is 14.7. The van der Waals surface area contributed by atoms with Crippen LogP contribution in [-0.4, -0.2) is 61.8 Å². The van der Waals surface area contributed by atoms with Crippen molar-refractivity contribution >= 4 is 22.7 Å². The van der Waals surface area contributed by atoms with E-state index in [0.717, 1.165) is 74.6 Å². The molecule has 0 spiro atoms. The van der Waals surface area contributed by atoms with Crippen LogP contribution in [-0.2, 0) is 4.74 Å². The maximum atomic E-state index is 12.6. The lowest BCUT2D eigenvalue weighted by atomic mass is 10.1.